The summed E-state index contributed by atoms with van der Waals surface area (Å²) in [7, 11) is 0. The minimum absolute atomic E-state index is 0.0941. The Bertz CT molecular complexity index is 409. The molecule has 7 nitrogen and oxygen atoms in total. The van der Waals surface area contributed by atoms with E-state index >= 15 is 0 Å². The van der Waals surface area contributed by atoms with Gasteiger partial charge in [0.2, 0.25) is 5.91 Å². The molecule has 0 aliphatic heterocycles. The van der Waals surface area contributed by atoms with Gasteiger partial charge in [0, 0.05) is 18.5 Å². The van der Waals surface area contributed by atoms with Gasteiger partial charge in [-0.1, -0.05) is 0 Å². The van der Waals surface area contributed by atoms with Crippen LogP contribution in [0, 0.1) is 0 Å². The van der Waals surface area contributed by atoms with Crippen molar-refractivity contribution in [3.8, 4) is 0 Å². The molecular weight excluding hydrogens is 312 g/mol. The van der Waals surface area contributed by atoms with Gasteiger partial charge in [-0.25, -0.2) is 4.79 Å². The van der Waals surface area contributed by atoms with E-state index in [2.05, 4.69) is 10.6 Å². The summed E-state index contributed by atoms with van der Waals surface area (Å²) in [6.45, 7) is 14.1. The van der Waals surface area contributed by atoms with Crippen LogP contribution in [0.15, 0.2) is 0 Å². The van der Waals surface area contributed by atoms with Gasteiger partial charge in [0.25, 0.3) is 0 Å². The number of alkyl carbamates (subject to hydrolysis) is 1. The largest absolute Gasteiger partial charge is 0.460 e. The van der Waals surface area contributed by atoms with E-state index < -0.39 is 17.3 Å². The lowest BCUT2D eigenvalue weighted by atomic mass is 10.1. The number of esters is 1. The van der Waals surface area contributed by atoms with E-state index in [4.69, 9.17) is 9.47 Å². The van der Waals surface area contributed by atoms with Crippen molar-refractivity contribution in [3.63, 3.8) is 0 Å². The van der Waals surface area contributed by atoms with E-state index in [9.17, 15) is 14.4 Å². The summed E-state index contributed by atoms with van der Waals surface area (Å²) < 4.78 is 10.3. The highest BCUT2D eigenvalue weighted by Crippen LogP contribution is 2.09. The van der Waals surface area contributed by atoms with Crippen LogP contribution in [0.3, 0.4) is 0 Å². The maximum atomic E-state index is 11.9. The number of carbonyl (C=O) groups excluding carboxylic acids is 3. The summed E-state index contributed by atoms with van der Waals surface area (Å²) >= 11 is 0. The van der Waals surface area contributed by atoms with Crippen molar-refractivity contribution in [3.05, 3.63) is 0 Å². The van der Waals surface area contributed by atoms with Gasteiger partial charge in [0.1, 0.15) is 11.2 Å². The molecule has 2 N–H and O–H groups in total. The van der Waals surface area contributed by atoms with Crippen molar-refractivity contribution < 1.29 is 23.9 Å². The van der Waals surface area contributed by atoms with Crippen LogP contribution in [0.1, 0.15) is 68.2 Å². The number of hydrogen-bond acceptors (Lipinski definition) is 5. The second-order valence-corrected chi connectivity index (χ2v) is 8.01. The second-order valence-electron chi connectivity index (χ2n) is 8.01. The molecule has 0 unspecified atom stereocenters. The number of rotatable bonds is 6. The van der Waals surface area contributed by atoms with Crippen LogP contribution in [0.5, 0.6) is 0 Å². The molecule has 2 amide bonds. The van der Waals surface area contributed by atoms with Crippen LogP contribution >= 0.6 is 0 Å². The Balaban J connectivity index is 4.19. The number of nitrogens with one attached hydrogen (secondary N) is 2. The third kappa shape index (κ3) is 12.7. The van der Waals surface area contributed by atoms with E-state index in [0.29, 0.717) is 0 Å². The highest BCUT2D eigenvalue weighted by Gasteiger charge is 2.21. The molecule has 0 aliphatic rings. The number of hydrogen-bond donors (Lipinski definition) is 2. The zero-order valence-corrected chi connectivity index (χ0v) is 16.1. The molecule has 0 radical (unpaired) electrons. The SMILES string of the molecule is C[C@@H](CC(=O)OC(C)(C)C)NC(=O)C[C@H](C)NC(=O)OC(C)(C)C. The molecule has 0 aromatic heterocycles. The fourth-order valence-electron chi connectivity index (χ4n) is 1.86. The maximum absolute atomic E-state index is 11.9. The molecule has 24 heavy (non-hydrogen) atoms. The number of amides is 2. The second kappa shape index (κ2) is 8.89. The molecule has 0 fully saturated rings. The topological polar surface area (TPSA) is 93.7 Å². The van der Waals surface area contributed by atoms with E-state index in [0.717, 1.165) is 0 Å². The van der Waals surface area contributed by atoms with Gasteiger partial charge in [0.15, 0.2) is 0 Å². The molecule has 0 aromatic rings. The third-order valence-electron chi connectivity index (χ3n) is 2.55. The minimum Gasteiger partial charge on any atom is -0.460 e. The summed E-state index contributed by atoms with van der Waals surface area (Å²) in [4.78, 5) is 35.3. The van der Waals surface area contributed by atoms with Crippen molar-refractivity contribution in [2.45, 2.75) is 91.5 Å². The van der Waals surface area contributed by atoms with E-state index in [1.807, 2.05) is 0 Å². The average Bonchev–Trinajstić information content (AvgIpc) is 2.20. The van der Waals surface area contributed by atoms with Gasteiger partial charge in [0.05, 0.1) is 6.42 Å². The van der Waals surface area contributed by atoms with Crippen LogP contribution < -0.4 is 10.6 Å². The minimum atomic E-state index is -0.589. The van der Waals surface area contributed by atoms with Crippen LogP contribution in [0.25, 0.3) is 0 Å². The lowest BCUT2D eigenvalue weighted by Gasteiger charge is -2.23. The lowest BCUT2D eigenvalue weighted by molar-refractivity contribution is -0.155. The van der Waals surface area contributed by atoms with E-state index in [1.165, 1.54) is 0 Å². The smallest absolute Gasteiger partial charge is 0.407 e. The first-order valence-electron chi connectivity index (χ1n) is 8.18. The van der Waals surface area contributed by atoms with Crippen molar-refractivity contribution in [1.82, 2.24) is 10.6 Å². The fraction of sp³-hybridized carbons (Fsp3) is 0.824. The summed E-state index contributed by atoms with van der Waals surface area (Å²) in [5, 5.41) is 5.32. The molecule has 0 bridgehead atoms. The molecule has 7 heteroatoms. The highest BCUT2D eigenvalue weighted by molar-refractivity contribution is 5.79. The third-order valence-corrected chi connectivity index (χ3v) is 2.55. The van der Waals surface area contributed by atoms with Gasteiger partial charge in [-0.15, -0.1) is 0 Å². The van der Waals surface area contributed by atoms with Gasteiger partial charge < -0.3 is 20.1 Å². The fourth-order valence-corrected chi connectivity index (χ4v) is 1.86. The summed E-state index contributed by atoms with van der Waals surface area (Å²) in [5.41, 5.74) is -1.14. The van der Waals surface area contributed by atoms with Crippen molar-refractivity contribution in [2.75, 3.05) is 0 Å². The molecule has 0 saturated heterocycles. The molecule has 2 atom stereocenters. The summed E-state index contributed by atoms with van der Waals surface area (Å²) in [5.74, 6) is -0.621. The van der Waals surface area contributed by atoms with Crippen LogP contribution in [0.4, 0.5) is 4.79 Å². The van der Waals surface area contributed by atoms with Gasteiger partial charge >= 0.3 is 12.1 Å². The van der Waals surface area contributed by atoms with Gasteiger partial charge in [-0.3, -0.25) is 9.59 Å². The molecule has 140 valence electrons. The van der Waals surface area contributed by atoms with Crippen molar-refractivity contribution >= 4 is 18.0 Å². The maximum Gasteiger partial charge on any atom is 0.407 e. The Labute approximate surface area is 144 Å². The molecule has 0 saturated carbocycles. The Morgan fingerprint density at radius 1 is 0.792 bits per heavy atom. The molecule has 0 rings (SSSR count). The number of ether oxygens (including phenoxy) is 2. The molecular formula is C17H32N2O5. The first-order valence-corrected chi connectivity index (χ1v) is 8.18. The van der Waals surface area contributed by atoms with Crippen LogP contribution in [-0.2, 0) is 19.1 Å². The van der Waals surface area contributed by atoms with Crippen LogP contribution in [-0.4, -0.2) is 41.3 Å². The predicted octanol–water partition coefficient (Wildman–Crippen LogP) is 2.53. The Morgan fingerprint density at radius 2 is 1.25 bits per heavy atom. The zero-order valence-electron chi connectivity index (χ0n) is 16.1. The highest BCUT2D eigenvalue weighted by atomic mass is 16.6. The average molecular weight is 344 g/mol. The normalized spacial score (nSPS) is 14.3. The molecule has 0 aliphatic carbocycles. The Hall–Kier alpha value is -1.79. The lowest BCUT2D eigenvalue weighted by Crippen LogP contribution is -2.42. The Kier molecular flexibility index (Phi) is 8.23. The number of carbonyl (C=O) groups is 3. The quantitative estimate of drug-likeness (QED) is 0.722. The van der Waals surface area contributed by atoms with Gasteiger partial charge in [-0.2, -0.15) is 0 Å². The zero-order chi connectivity index (χ0) is 19.1. The van der Waals surface area contributed by atoms with Crippen LogP contribution in [0.2, 0.25) is 0 Å². The summed E-state index contributed by atoms with van der Waals surface area (Å²) in [6.07, 6.45) is -0.376. The molecule has 0 heterocycles. The molecule has 0 spiro atoms. The first kappa shape index (κ1) is 22.2. The first-order chi connectivity index (χ1) is 10.7. The Morgan fingerprint density at radius 3 is 1.71 bits per heavy atom. The van der Waals surface area contributed by atoms with Crippen molar-refractivity contribution in [1.29, 1.82) is 0 Å². The monoisotopic (exact) mass is 344 g/mol. The van der Waals surface area contributed by atoms with Crippen molar-refractivity contribution in [2.24, 2.45) is 0 Å². The van der Waals surface area contributed by atoms with Gasteiger partial charge in [-0.05, 0) is 55.4 Å². The standard InChI is InChI=1S/C17H32N2O5/c1-11(19-15(22)24-17(6,7)8)9-13(20)18-12(2)10-14(21)23-16(3,4)5/h11-12H,9-10H2,1-8H3,(H,18,20)(H,19,22)/t11-,12-/m0/s1. The summed E-state index contributed by atoms with van der Waals surface area (Å²) in [6, 6.07) is -0.727. The molecule has 0 aromatic carbocycles. The van der Waals surface area contributed by atoms with E-state index in [1.54, 1.807) is 55.4 Å². The van der Waals surface area contributed by atoms with E-state index in [-0.39, 0.29) is 36.8 Å². The predicted molar refractivity (Wildman–Crippen MR) is 91.5 cm³/mol.